The number of carbonyl (C=O) groups excluding carboxylic acids is 2. The monoisotopic (exact) mass is 583 g/mol. The Kier molecular flexibility index (Phi) is 9.69. The Labute approximate surface area is 243 Å². The summed E-state index contributed by atoms with van der Waals surface area (Å²) in [5, 5.41) is 3.42. The molecule has 0 aliphatic heterocycles. The Bertz CT molecular complexity index is 1480. The van der Waals surface area contributed by atoms with E-state index in [9.17, 15) is 18.0 Å². The van der Waals surface area contributed by atoms with Gasteiger partial charge in [-0.25, -0.2) is 8.42 Å². The molecule has 9 heteroatoms. The lowest BCUT2D eigenvalue weighted by molar-refractivity contribution is -0.140. The number of hydrogen-bond acceptors (Lipinski definition) is 4. The summed E-state index contributed by atoms with van der Waals surface area (Å²) in [5.74, 6) is -0.865. The molecule has 3 aromatic rings. The van der Waals surface area contributed by atoms with Crippen LogP contribution in [-0.2, 0) is 26.2 Å². The predicted octanol–water partition coefficient (Wildman–Crippen LogP) is 5.79. The Morgan fingerprint density at radius 3 is 2.17 bits per heavy atom. The summed E-state index contributed by atoms with van der Waals surface area (Å²) < 4.78 is 29.2. The van der Waals surface area contributed by atoms with E-state index in [1.807, 2.05) is 53.7 Å². The molecular formula is C31H38ClN3O4S. The highest BCUT2D eigenvalue weighted by molar-refractivity contribution is 7.92. The van der Waals surface area contributed by atoms with Crippen LogP contribution in [0.5, 0.6) is 0 Å². The molecule has 0 saturated carbocycles. The van der Waals surface area contributed by atoms with Gasteiger partial charge in [0.05, 0.1) is 10.6 Å². The molecule has 7 nitrogen and oxygen atoms in total. The summed E-state index contributed by atoms with van der Waals surface area (Å²) in [4.78, 5) is 28.7. The van der Waals surface area contributed by atoms with Crippen molar-refractivity contribution >= 4 is 39.1 Å². The van der Waals surface area contributed by atoms with E-state index in [0.717, 1.165) is 26.6 Å². The zero-order valence-corrected chi connectivity index (χ0v) is 25.7. The first kappa shape index (κ1) is 31.2. The van der Waals surface area contributed by atoms with Gasteiger partial charge in [-0.05, 0) is 95.5 Å². The van der Waals surface area contributed by atoms with Crippen molar-refractivity contribution < 1.29 is 18.0 Å². The molecule has 0 aromatic heterocycles. The number of nitrogens with zero attached hydrogens (tertiary/aromatic N) is 2. The molecule has 3 rings (SSSR count). The minimum atomic E-state index is -4.13. The highest BCUT2D eigenvalue weighted by Gasteiger charge is 2.34. The summed E-state index contributed by atoms with van der Waals surface area (Å²) >= 11 is 6.20. The Hall–Kier alpha value is -3.36. The van der Waals surface area contributed by atoms with Crippen LogP contribution < -0.4 is 9.62 Å². The average Bonchev–Trinajstić information content (AvgIpc) is 2.86. The van der Waals surface area contributed by atoms with Crippen molar-refractivity contribution in [3.8, 4) is 0 Å². The van der Waals surface area contributed by atoms with Crippen molar-refractivity contribution in [3.05, 3.63) is 94.0 Å². The molecule has 0 heterocycles. The fourth-order valence-electron chi connectivity index (χ4n) is 4.25. The third kappa shape index (κ3) is 7.64. The standard InChI is InChI=1S/C31H38ClN3O4S/c1-21-14-16-27(17-15-21)40(38,39)35(28-13-8-10-22(2)23(28)3)20-29(36)34(19-25-11-9-12-26(32)18-25)24(4)30(37)33-31(5,6)7/h8-18,24H,19-20H2,1-7H3,(H,33,37)/t24-/m1/s1. The van der Waals surface area contributed by atoms with Crippen LogP contribution in [0, 0.1) is 20.8 Å². The third-order valence-corrected chi connectivity index (χ3v) is 8.65. The quantitative estimate of drug-likeness (QED) is 0.345. The van der Waals surface area contributed by atoms with Gasteiger partial charge in [0.15, 0.2) is 0 Å². The van der Waals surface area contributed by atoms with Gasteiger partial charge in [0.25, 0.3) is 10.0 Å². The molecule has 0 unspecified atom stereocenters. The molecule has 40 heavy (non-hydrogen) atoms. The maximum absolute atomic E-state index is 14.1. The molecule has 2 amide bonds. The smallest absolute Gasteiger partial charge is 0.264 e. The van der Waals surface area contributed by atoms with E-state index in [2.05, 4.69) is 5.32 Å². The molecule has 3 aromatic carbocycles. The maximum Gasteiger partial charge on any atom is 0.264 e. The van der Waals surface area contributed by atoms with Gasteiger partial charge in [0, 0.05) is 17.1 Å². The van der Waals surface area contributed by atoms with Gasteiger partial charge in [0.1, 0.15) is 12.6 Å². The van der Waals surface area contributed by atoms with Crippen molar-refractivity contribution in [2.24, 2.45) is 0 Å². The number of aryl methyl sites for hydroxylation is 2. The number of nitrogens with one attached hydrogen (secondary N) is 1. The molecule has 214 valence electrons. The second-order valence-corrected chi connectivity index (χ2v) is 13.4. The molecular weight excluding hydrogens is 546 g/mol. The summed E-state index contributed by atoms with van der Waals surface area (Å²) in [6, 6.07) is 18.0. The SMILES string of the molecule is Cc1ccc(S(=O)(=O)N(CC(=O)N(Cc2cccc(Cl)c2)[C@H](C)C(=O)NC(C)(C)C)c2cccc(C)c2C)cc1. The fourth-order valence-corrected chi connectivity index (χ4v) is 5.93. The van der Waals surface area contributed by atoms with Crippen LogP contribution in [0.4, 0.5) is 5.69 Å². The molecule has 0 spiro atoms. The van der Waals surface area contributed by atoms with Gasteiger partial charge in [-0.2, -0.15) is 0 Å². The van der Waals surface area contributed by atoms with Crippen LogP contribution in [-0.4, -0.2) is 43.3 Å². The van der Waals surface area contributed by atoms with Crippen LogP contribution in [0.25, 0.3) is 0 Å². The molecule has 0 bridgehead atoms. The third-order valence-electron chi connectivity index (χ3n) is 6.64. The number of hydrogen-bond donors (Lipinski definition) is 1. The molecule has 0 fully saturated rings. The molecule has 1 N–H and O–H groups in total. The topological polar surface area (TPSA) is 86.8 Å². The second-order valence-electron chi connectivity index (χ2n) is 11.1. The Morgan fingerprint density at radius 1 is 0.950 bits per heavy atom. The first-order valence-electron chi connectivity index (χ1n) is 13.1. The Morgan fingerprint density at radius 2 is 1.57 bits per heavy atom. The first-order valence-corrected chi connectivity index (χ1v) is 14.9. The number of amides is 2. The van der Waals surface area contributed by atoms with E-state index in [-0.39, 0.29) is 17.3 Å². The molecule has 1 atom stereocenters. The van der Waals surface area contributed by atoms with E-state index in [1.54, 1.807) is 49.4 Å². The van der Waals surface area contributed by atoms with Gasteiger partial charge in [-0.1, -0.05) is 53.6 Å². The lowest BCUT2D eigenvalue weighted by atomic mass is 10.1. The van der Waals surface area contributed by atoms with Gasteiger partial charge in [-0.3, -0.25) is 13.9 Å². The minimum absolute atomic E-state index is 0.0728. The summed E-state index contributed by atoms with van der Waals surface area (Å²) in [5.41, 5.74) is 3.16. The Balaban J connectivity index is 2.08. The van der Waals surface area contributed by atoms with Crippen molar-refractivity contribution in [1.29, 1.82) is 0 Å². The largest absolute Gasteiger partial charge is 0.350 e. The maximum atomic E-state index is 14.1. The van der Waals surface area contributed by atoms with Gasteiger partial charge in [0.2, 0.25) is 11.8 Å². The number of benzene rings is 3. The fraction of sp³-hybridized carbons (Fsp3) is 0.355. The zero-order valence-electron chi connectivity index (χ0n) is 24.2. The highest BCUT2D eigenvalue weighted by Crippen LogP contribution is 2.29. The number of rotatable bonds is 9. The van der Waals surface area contributed by atoms with Crippen molar-refractivity contribution in [1.82, 2.24) is 10.2 Å². The zero-order chi connectivity index (χ0) is 29.8. The average molecular weight is 584 g/mol. The summed E-state index contributed by atoms with van der Waals surface area (Å²) in [6.45, 7) is 12.4. The van der Waals surface area contributed by atoms with Gasteiger partial charge < -0.3 is 10.2 Å². The van der Waals surface area contributed by atoms with Gasteiger partial charge >= 0.3 is 0 Å². The lowest BCUT2D eigenvalue weighted by Crippen LogP contribution is -2.54. The number of sulfonamides is 1. The predicted molar refractivity (Wildman–Crippen MR) is 161 cm³/mol. The molecule has 0 saturated heterocycles. The van der Waals surface area contributed by atoms with Crippen molar-refractivity contribution in [2.75, 3.05) is 10.8 Å². The molecule has 0 aliphatic rings. The van der Waals surface area contributed by atoms with E-state index < -0.39 is 34.1 Å². The first-order chi connectivity index (χ1) is 18.6. The van der Waals surface area contributed by atoms with Gasteiger partial charge in [-0.15, -0.1) is 0 Å². The van der Waals surface area contributed by atoms with E-state index in [4.69, 9.17) is 11.6 Å². The summed E-state index contributed by atoms with van der Waals surface area (Å²) in [7, 11) is -4.13. The van der Waals surface area contributed by atoms with Crippen LogP contribution in [0.15, 0.2) is 71.6 Å². The molecule has 0 radical (unpaired) electrons. The second kappa shape index (κ2) is 12.4. The van der Waals surface area contributed by atoms with E-state index in [1.165, 1.54) is 17.0 Å². The lowest BCUT2D eigenvalue weighted by Gasteiger charge is -2.34. The van der Waals surface area contributed by atoms with Crippen LogP contribution in [0.2, 0.25) is 5.02 Å². The minimum Gasteiger partial charge on any atom is -0.350 e. The normalized spacial score (nSPS) is 12.5. The summed E-state index contributed by atoms with van der Waals surface area (Å²) in [6.07, 6.45) is 0. The van der Waals surface area contributed by atoms with E-state index in [0.29, 0.717) is 10.7 Å². The van der Waals surface area contributed by atoms with Crippen LogP contribution in [0.1, 0.15) is 49.9 Å². The van der Waals surface area contributed by atoms with Crippen molar-refractivity contribution in [3.63, 3.8) is 0 Å². The van der Waals surface area contributed by atoms with Crippen LogP contribution >= 0.6 is 11.6 Å². The molecule has 0 aliphatic carbocycles. The highest BCUT2D eigenvalue weighted by atomic mass is 35.5. The van der Waals surface area contributed by atoms with E-state index >= 15 is 0 Å². The number of halogens is 1. The van der Waals surface area contributed by atoms with Crippen molar-refractivity contribution in [2.45, 2.75) is 71.5 Å². The van der Waals surface area contributed by atoms with Crippen LogP contribution in [0.3, 0.4) is 0 Å². The number of anilines is 1. The number of carbonyl (C=O) groups is 2.